The lowest BCUT2D eigenvalue weighted by atomic mass is 10.0. The van der Waals surface area contributed by atoms with Gasteiger partial charge < -0.3 is 4.74 Å². The molecule has 0 spiro atoms. The maximum atomic E-state index is 13.0. The molecule has 0 radical (unpaired) electrons. The fourth-order valence-electron chi connectivity index (χ4n) is 2.59. The first kappa shape index (κ1) is 19.5. The van der Waals surface area contributed by atoms with E-state index in [1.165, 1.54) is 5.01 Å². The molecule has 0 bridgehead atoms. The van der Waals surface area contributed by atoms with Crippen molar-refractivity contribution in [1.82, 2.24) is 10.4 Å². The average Bonchev–Trinajstić information content (AvgIpc) is 2.58. The number of methoxy groups -OCH3 is 1. The van der Waals surface area contributed by atoms with Gasteiger partial charge in [0.2, 0.25) is 0 Å². The summed E-state index contributed by atoms with van der Waals surface area (Å²) in [6.45, 7) is 9.40. The molecule has 0 fully saturated rings. The van der Waals surface area contributed by atoms with Crippen LogP contribution in [-0.2, 0) is 0 Å². The highest BCUT2D eigenvalue weighted by atomic mass is 16.5. The molecule has 5 nitrogen and oxygen atoms in total. The van der Waals surface area contributed by atoms with Crippen LogP contribution in [0.1, 0.15) is 52.6 Å². The zero-order chi connectivity index (χ0) is 19.5. The number of hydrazine groups is 1. The Morgan fingerprint density at radius 2 is 1.62 bits per heavy atom. The predicted molar refractivity (Wildman–Crippen MR) is 102 cm³/mol. The van der Waals surface area contributed by atoms with Gasteiger partial charge in [0.15, 0.2) is 0 Å². The molecular formula is C21H26N2O3. The zero-order valence-electron chi connectivity index (χ0n) is 16.2. The highest BCUT2D eigenvalue weighted by Crippen LogP contribution is 2.22. The number of hydrogen-bond donors (Lipinski definition) is 1. The minimum atomic E-state index is -0.593. The molecule has 0 atom stereocenters. The van der Waals surface area contributed by atoms with Crippen molar-refractivity contribution in [2.45, 2.75) is 40.2 Å². The van der Waals surface area contributed by atoms with Crippen LogP contribution in [0.25, 0.3) is 0 Å². The zero-order valence-corrected chi connectivity index (χ0v) is 16.2. The monoisotopic (exact) mass is 354 g/mol. The average molecular weight is 354 g/mol. The Labute approximate surface area is 154 Å². The Hall–Kier alpha value is -2.82. The second-order valence-electron chi connectivity index (χ2n) is 7.25. The van der Waals surface area contributed by atoms with Crippen molar-refractivity contribution < 1.29 is 14.3 Å². The Kier molecular flexibility index (Phi) is 5.70. The Morgan fingerprint density at radius 1 is 1.00 bits per heavy atom. The van der Waals surface area contributed by atoms with Crippen LogP contribution in [0, 0.1) is 13.8 Å². The van der Waals surface area contributed by atoms with Crippen LogP contribution in [0.4, 0.5) is 0 Å². The first-order valence-electron chi connectivity index (χ1n) is 8.51. The van der Waals surface area contributed by atoms with E-state index in [0.29, 0.717) is 16.9 Å². The van der Waals surface area contributed by atoms with Crippen molar-refractivity contribution in [3.8, 4) is 5.75 Å². The van der Waals surface area contributed by atoms with Gasteiger partial charge in [0.1, 0.15) is 5.75 Å². The van der Waals surface area contributed by atoms with E-state index in [1.54, 1.807) is 37.4 Å². The van der Waals surface area contributed by atoms with Gasteiger partial charge in [0.05, 0.1) is 12.6 Å². The van der Waals surface area contributed by atoms with Gasteiger partial charge in [-0.05, 0) is 58.9 Å². The molecule has 2 aromatic carbocycles. The van der Waals surface area contributed by atoms with Crippen LogP contribution in [0.3, 0.4) is 0 Å². The normalized spacial score (nSPS) is 11.0. The van der Waals surface area contributed by atoms with Crippen molar-refractivity contribution in [3.05, 3.63) is 64.7 Å². The lowest BCUT2D eigenvalue weighted by Crippen LogP contribution is -2.56. The fourth-order valence-corrected chi connectivity index (χ4v) is 2.59. The van der Waals surface area contributed by atoms with E-state index in [0.717, 1.165) is 11.1 Å². The molecule has 138 valence electrons. The summed E-state index contributed by atoms with van der Waals surface area (Å²) in [5, 5.41) is 1.37. The molecule has 26 heavy (non-hydrogen) atoms. The van der Waals surface area contributed by atoms with E-state index in [2.05, 4.69) is 5.43 Å². The predicted octanol–water partition coefficient (Wildman–Crippen LogP) is 3.90. The van der Waals surface area contributed by atoms with Gasteiger partial charge in [-0.2, -0.15) is 0 Å². The number of ether oxygens (including phenoxy) is 1. The van der Waals surface area contributed by atoms with Gasteiger partial charge in [-0.3, -0.25) is 15.0 Å². The number of carbonyl (C=O) groups excluding carboxylic acids is 2. The summed E-state index contributed by atoms with van der Waals surface area (Å²) < 4.78 is 5.28. The molecular weight excluding hydrogens is 328 g/mol. The van der Waals surface area contributed by atoms with Gasteiger partial charge in [0, 0.05) is 16.7 Å². The van der Waals surface area contributed by atoms with Gasteiger partial charge in [-0.15, -0.1) is 0 Å². The highest BCUT2D eigenvalue weighted by molar-refractivity contribution is 6.00. The fraction of sp³-hybridized carbons (Fsp3) is 0.333. The largest absolute Gasteiger partial charge is 0.496 e. The van der Waals surface area contributed by atoms with Crippen LogP contribution >= 0.6 is 0 Å². The summed E-state index contributed by atoms with van der Waals surface area (Å²) in [5.41, 5.74) is 4.96. The molecule has 5 heteroatoms. The first-order valence-corrected chi connectivity index (χ1v) is 8.51. The molecule has 0 aliphatic carbocycles. The molecule has 2 rings (SSSR count). The molecule has 2 amide bonds. The Bertz CT molecular complexity index is 805. The Balaban J connectivity index is 2.33. The number of rotatable bonds is 3. The van der Waals surface area contributed by atoms with Crippen LogP contribution in [0.2, 0.25) is 0 Å². The van der Waals surface area contributed by atoms with Crippen molar-refractivity contribution >= 4 is 11.8 Å². The standard InChI is InChI=1S/C21H26N2O3/c1-14-10-12-16(13-11-14)20(25)23(21(3,4)5)22-19(24)17-8-7-9-18(26-6)15(17)2/h7-13H,1-6H3,(H,22,24). The topological polar surface area (TPSA) is 58.6 Å². The third-order valence-electron chi connectivity index (χ3n) is 4.13. The number of benzene rings is 2. The molecule has 0 saturated carbocycles. The summed E-state index contributed by atoms with van der Waals surface area (Å²) in [6, 6.07) is 12.5. The van der Waals surface area contributed by atoms with E-state index in [1.807, 2.05) is 46.8 Å². The van der Waals surface area contributed by atoms with Crippen molar-refractivity contribution in [1.29, 1.82) is 0 Å². The summed E-state index contributed by atoms with van der Waals surface area (Å²) in [5.74, 6) is 0.0213. The van der Waals surface area contributed by atoms with E-state index < -0.39 is 5.54 Å². The number of aryl methyl sites for hydroxylation is 1. The molecule has 0 aliphatic rings. The van der Waals surface area contributed by atoms with Gasteiger partial charge in [0.25, 0.3) is 11.8 Å². The molecule has 0 heterocycles. The molecule has 0 aromatic heterocycles. The molecule has 1 N–H and O–H groups in total. The summed E-state index contributed by atoms with van der Waals surface area (Å²) in [4.78, 5) is 25.8. The lowest BCUT2D eigenvalue weighted by Gasteiger charge is -2.35. The molecule has 2 aromatic rings. The van der Waals surface area contributed by atoms with Crippen LogP contribution in [0.5, 0.6) is 5.75 Å². The SMILES string of the molecule is COc1cccc(C(=O)NN(C(=O)c2ccc(C)cc2)C(C)(C)C)c1C. The molecule has 0 saturated heterocycles. The minimum Gasteiger partial charge on any atom is -0.496 e. The Morgan fingerprint density at radius 3 is 2.15 bits per heavy atom. The van der Waals surface area contributed by atoms with E-state index in [9.17, 15) is 9.59 Å². The first-order chi connectivity index (χ1) is 12.1. The second kappa shape index (κ2) is 7.60. The van der Waals surface area contributed by atoms with Crippen molar-refractivity contribution in [2.75, 3.05) is 7.11 Å². The van der Waals surface area contributed by atoms with Crippen molar-refractivity contribution in [3.63, 3.8) is 0 Å². The maximum absolute atomic E-state index is 13.0. The van der Waals surface area contributed by atoms with Gasteiger partial charge in [-0.25, -0.2) is 5.01 Å². The third kappa shape index (κ3) is 4.23. The highest BCUT2D eigenvalue weighted by Gasteiger charge is 2.30. The van der Waals surface area contributed by atoms with Gasteiger partial charge >= 0.3 is 0 Å². The van der Waals surface area contributed by atoms with E-state index in [4.69, 9.17) is 4.74 Å². The lowest BCUT2D eigenvalue weighted by molar-refractivity contribution is 0.0358. The minimum absolute atomic E-state index is 0.258. The van der Waals surface area contributed by atoms with Gasteiger partial charge in [-0.1, -0.05) is 23.8 Å². The van der Waals surface area contributed by atoms with Crippen LogP contribution < -0.4 is 10.2 Å². The number of carbonyl (C=O) groups is 2. The smallest absolute Gasteiger partial charge is 0.272 e. The molecule has 0 unspecified atom stereocenters. The third-order valence-corrected chi connectivity index (χ3v) is 4.13. The van der Waals surface area contributed by atoms with Crippen LogP contribution in [-0.4, -0.2) is 29.5 Å². The number of nitrogens with one attached hydrogen (secondary N) is 1. The number of nitrogens with zero attached hydrogens (tertiary/aromatic N) is 1. The molecule has 0 aliphatic heterocycles. The quantitative estimate of drug-likeness (QED) is 0.851. The number of hydrogen-bond acceptors (Lipinski definition) is 3. The van der Waals surface area contributed by atoms with E-state index in [-0.39, 0.29) is 11.8 Å². The number of amides is 2. The van der Waals surface area contributed by atoms with E-state index >= 15 is 0 Å². The van der Waals surface area contributed by atoms with Crippen molar-refractivity contribution in [2.24, 2.45) is 0 Å². The summed E-state index contributed by atoms with van der Waals surface area (Å²) in [7, 11) is 1.56. The summed E-state index contributed by atoms with van der Waals surface area (Å²) >= 11 is 0. The maximum Gasteiger partial charge on any atom is 0.272 e. The second-order valence-corrected chi connectivity index (χ2v) is 7.25. The summed E-state index contributed by atoms with van der Waals surface area (Å²) in [6.07, 6.45) is 0. The van der Waals surface area contributed by atoms with Crippen LogP contribution in [0.15, 0.2) is 42.5 Å².